The second kappa shape index (κ2) is 9.69. The molecule has 2 aliphatic heterocycles. The number of rotatable bonds is 3. The van der Waals surface area contributed by atoms with Gasteiger partial charge in [-0.05, 0) is 51.8 Å². The number of urea groups is 1. The number of aryl methyl sites for hydroxylation is 2. The molecule has 4 rings (SSSR count). The van der Waals surface area contributed by atoms with Crippen molar-refractivity contribution in [3.63, 3.8) is 0 Å². The highest BCUT2D eigenvalue weighted by molar-refractivity contribution is 5.83. The van der Waals surface area contributed by atoms with Crippen LogP contribution in [-0.4, -0.2) is 66.5 Å². The summed E-state index contributed by atoms with van der Waals surface area (Å²) >= 11 is 0. The number of amides is 3. The average Bonchev–Trinajstić information content (AvgIpc) is 3.24. The SMILES string of the molecule is Cc1ccc([C@H]2CN(C(=O)NC(C)(C)C)C[C@@H]2C(=O)N2CCN(c3ccccc3C)CC2)cc1. The van der Waals surface area contributed by atoms with E-state index in [1.54, 1.807) is 0 Å². The van der Waals surface area contributed by atoms with Gasteiger partial charge in [0.05, 0.1) is 5.92 Å². The lowest BCUT2D eigenvalue weighted by Gasteiger charge is -2.38. The molecule has 2 saturated heterocycles. The van der Waals surface area contributed by atoms with Crippen molar-refractivity contribution >= 4 is 17.6 Å². The molecule has 2 aromatic carbocycles. The third kappa shape index (κ3) is 5.37. The topological polar surface area (TPSA) is 55.9 Å². The molecule has 0 bridgehead atoms. The van der Waals surface area contributed by atoms with Gasteiger partial charge in [-0.2, -0.15) is 0 Å². The van der Waals surface area contributed by atoms with Gasteiger partial charge >= 0.3 is 6.03 Å². The molecule has 0 radical (unpaired) electrons. The molecule has 2 aliphatic rings. The predicted molar refractivity (Wildman–Crippen MR) is 137 cm³/mol. The molecule has 0 unspecified atom stereocenters. The number of benzene rings is 2. The van der Waals surface area contributed by atoms with Gasteiger partial charge in [0.1, 0.15) is 0 Å². The molecule has 1 N–H and O–H groups in total. The van der Waals surface area contributed by atoms with E-state index in [0.29, 0.717) is 26.2 Å². The van der Waals surface area contributed by atoms with Crippen LogP contribution in [0, 0.1) is 19.8 Å². The molecule has 0 aromatic heterocycles. The number of nitrogens with one attached hydrogen (secondary N) is 1. The fraction of sp³-hybridized carbons (Fsp3) is 0.500. The number of hydrogen-bond donors (Lipinski definition) is 1. The van der Waals surface area contributed by atoms with Crippen molar-refractivity contribution in [1.29, 1.82) is 0 Å². The van der Waals surface area contributed by atoms with Crippen LogP contribution in [-0.2, 0) is 4.79 Å². The maximum Gasteiger partial charge on any atom is 0.317 e. The zero-order valence-corrected chi connectivity index (χ0v) is 21.2. The van der Waals surface area contributed by atoms with Gasteiger partial charge in [-0.15, -0.1) is 0 Å². The average molecular weight is 463 g/mol. The number of anilines is 1. The lowest BCUT2D eigenvalue weighted by molar-refractivity contribution is -0.135. The van der Waals surface area contributed by atoms with Crippen LogP contribution >= 0.6 is 0 Å². The Bertz CT molecular complexity index is 1020. The summed E-state index contributed by atoms with van der Waals surface area (Å²) in [6.45, 7) is 14.2. The number of carbonyl (C=O) groups is 2. The van der Waals surface area contributed by atoms with Crippen LogP contribution in [0.25, 0.3) is 0 Å². The van der Waals surface area contributed by atoms with Crippen molar-refractivity contribution in [2.45, 2.75) is 46.1 Å². The van der Waals surface area contributed by atoms with Gasteiger partial charge in [0.15, 0.2) is 0 Å². The van der Waals surface area contributed by atoms with E-state index < -0.39 is 0 Å². The second-order valence-electron chi connectivity index (χ2n) is 10.8. The Morgan fingerprint density at radius 1 is 0.853 bits per heavy atom. The van der Waals surface area contributed by atoms with E-state index in [4.69, 9.17) is 0 Å². The predicted octanol–water partition coefficient (Wildman–Crippen LogP) is 4.18. The van der Waals surface area contributed by atoms with Crippen molar-refractivity contribution < 1.29 is 9.59 Å². The molecule has 0 spiro atoms. The molecular formula is C28H38N4O2. The zero-order valence-electron chi connectivity index (χ0n) is 21.2. The molecule has 2 atom stereocenters. The first-order valence-corrected chi connectivity index (χ1v) is 12.4. The second-order valence-corrected chi connectivity index (χ2v) is 10.8. The summed E-state index contributed by atoms with van der Waals surface area (Å²) in [5.41, 5.74) is 4.52. The molecule has 6 nitrogen and oxygen atoms in total. The highest BCUT2D eigenvalue weighted by atomic mass is 16.2. The lowest BCUT2D eigenvalue weighted by atomic mass is 9.87. The van der Waals surface area contributed by atoms with Crippen LogP contribution in [0.1, 0.15) is 43.4 Å². The van der Waals surface area contributed by atoms with Crippen molar-refractivity contribution in [2.24, 2.45) is 5.92 Å². The number of hydrogen-bond acceptors (Lipinski definition) is 3. The Kier molecular flexibility index (Phi) is 6.87. The van der Waals surface area contributed by atoms with E-state index in [1.165, 1.54) is 16.8 Å². The number of likely N-dealkylation sites (tertiary alicyclic amines) is 1. The van der Waals surface area contributed by atoms with E-state index in [0.717, 1.165) is 18.7 Å². The van der Waals surface area contributed by atoms with Gasteiger partial charge in [0.2, 0.25) is 5.91 Å². The van der Waals surface area contributed by atoms with Crippen molar-refractivity contribution in [3.8, 4) is 0 Å². The highest BCUT2D eigenvalue weighted by Gasteiger charge is 2.43. The summed E-state index contributed by atoms with van der Waals surface area (Å²) in [6.07, 6.45) is 0. The smallest absolute Gasteiger partial charge is 0.317 e. The largest absolute Gasteiger partial charge is 0.368 e. The van der Waals surface area contributed by atoms with Crippen LogP contribution in [0.5, 0.6) is 0 Å². The monoisotopic (exact) mass is 462 g/mol. The van der Waals surface area contributed by atoms with Gasteiger partial charge in [0.25, 0.3) is 0 Å². The zero-order chi connectivity index (χ0) is 24.5. The van der Waals surface area contributed by atoms with Crippen LogP contribution in [0.4, 0.5) is 10.5 Å². The summed E-state index contributed by atoms with van der Waals surface area (Å²) in [5.74, 6) is -0.0484. The Labute approximate surface area is 203 Å². The van der Waals surface area contributed by atoms with E-state index in [1.807, 2.05) is 30.6 Å². The molecule has 6 heteroatoms. The van der Waals surface area contributed by atoms with Gasteiger partial charge in [-0.25, -0.2) is 4.79 Å². The van der Waals surface area contributed by atoms with Crippen molar-refractivity contribution in [2.75, 3.05) is 44.2 Å². The molecule has 34 heavy (non-hydrogen) atoms. The Morgan fingerprint density at radius 3 is 2.12 bits per heavy atom. The first-order valence-electron chi connectivity index (χ1n) is 12.4. The first-order chi connectivity index (χ1) is 16.1. The summed E-state index contributed by atoms with van der Waals surface area (Å²) in [5, 5.41) is 3.07. The molecule has 2 aromatic rings. The van der Waals surface area contributed by atoms with Crippen LogP contribution < -0.4 is 10.2 Å². The fourth-order valence-electron chi connectivity index (χ4n) is 5.09. The van der Waals surface area contributed by atoms with Crippen LogP contribution in [0.3, 0.4) is 0 Å². The minimum atomic E-state index is -0.315. The molecule has 0 aliphatic carbocycles. The number of carbonyl (C=O) groups excluding carboxylic acids is 2. The molecular weight excluding hydrogens is 424 g/mol. The van der Waals surface area contributed by atoms with E-state index in [2.05, 4.69) is 72.6 Å². The summed E-state index contributed by atoms with van der Waals surface area (Å²) in [4.78, 5) is 32.9. The highest BCUT2D eigenvalue weighted by Crippen LogP contribution is 2.35. The molecule has 3 amide bonds. The number of nitrogens with zero attached hydrogens (tertiary/aromatic N) is 3. The minimum absolute atomic E-state index is 0.00761. The number of para-hydroxylation sites is 1. The van der Waals surface area contributed by atoms with Crippen molar-refractivity contribution in [3.05, 3.63) is 65.2 Å². The Morgan fingerprint density at radius 2 is 1.50 bits per heavy atom. The minimum Gasteiger partial charge on any atom is -0.368 e. The van der Waals surface area contributed by atoms with Crippen molar-refractivity contribution in [1.82, 2.24) is 15.1 Å². The summed E-state index contributed by atoms with van der Waals surface area (Å²) in [6, 6.07) is 16.7. The molecule has 2 fully saturated rings. The fourth-order valence-corrected chi connectivity index (χ4v) is 5.09. The third-order valence-electron chi connectivity index (χ3n) is 6.96. The molecule has 2 heterocycles. The van der Waals surface area contributed by atoms with E-state index >= 15 is 0 Å². The Balaban J connectivity index is 1.49. The maximum atomic E-state index is 13.8. The Hall–Kier alpha value is -3.02. The number of piperazine rings is 1. The summed E-state index contributed by atoms with van der Waals surface area (Å²) in [7, 11) is 0. The van der Waals surface area contributed by atoms with E-state index in [9.17, 15) is 9.59 Å². The lowest BCUT2D eigenvalue weighted by Crippen LogP contribution is -2.51. The first kappa shape index (κ1) is 24.1. The van der Waals surface area contributed by atoms with Crippen LogP contribution in [0.2, 0.25) is 0 Å². The molecule has 0 saturated carbocycles. The quantitative estimate of drug-likeness (QED) is 0.745. The normalized spacial score (nSPS) is 21.0. The third-order valence-corrected chi connectivity index (χ3v) is 6.96. The van der Waals surface area contributed by atoms with Gasteiger partial charge < -0.3 is 20.0 Å². The van der Waals surface area contributed by atoms with Crippen LogP contribution in [0.15, 0.2) is 48.5 Å². The molecule has 182 valence electrons. The van der Waals surface area contributed by atoms with Gasteiger partial charge in [-0.1, -0.05) is 48.0 Å². The van der Waals surface area contributed by atoms with E-state index in [-0.39, 0.29) is 29.3 Å². The maximum absolute atomic E-state index is 13.8. The summed E-state index contributed by atoms with van der Waals surface area (Å²) < 4.78 is 0. The van der Waals surface area contributed by atoms with Gasteiger partial charge in [-0.3, -0.25) is 4.79 Å². The van der Waals surface area contributed by atoms with Gasteiger partial charge in [0, 0.05) is 56.4 Å². The standard InChI is InChI=1S/C28H38N4O2/c1-20-10-12-22(13-11-20)23-18-32(27(34)29-28(3,4)5)19-24(23)26(33)31-16-14-30(15-17-31)25-9-7-6-8-21(25)2/h6-13,23-24H,14-19H2,1-5H3,(H,29,34)/t23-,24+/m1/s1.